The van der Waals surface area contributed by atoms with E-state index in [4.69, 9.17) is 10.8 Å². The Balaban J connectivity index is 1.75. The second kappa shape index (κ2) is 11.6. The van der Waals surface area contributed by atoms with Crippen LogP contribution in [0.1, 0.15) is 22.8 Å². The number of likely N-dealkylation sites (N-methyl/N-ethyl adjacent to an activating group) is 1. The van der Waals surface area contributed by atoms with E-state index in [0.717, 1.165) is 33.9 Å². The summed E-state index contributed by atoms with van der Waals surface area (Å²) in [4.78, 5) is 25.8. The quantitative estimate of drug-likeness (QED) is 0.208. The molecule has 190 valence electrons. The predicted octanol–water partition coefficient (Wildman–Crippen LogP) is 3.09. The van der Waals surface area contributed by atoms with Gasteiger partial charge in [0.15, 0.2) is 5.49 Å². The monoisotopic (exact) mass is 496 g/mol. The molecule has 37 heavy (non-hydrogen) atoms. The number of nitrogens with zero attached hydrogens (tertiary/aromatic N) is 6. The first kappa shape index (κ1) is 25.7. The Kier molecular flexibility index (Phi) is 8.05. The van der Waals surface area contributed by atoms with Gasteiger partial charge in [-0.2, -0.15) is 5.10 Å². The highest BCUT2D eigenvalue weighted by atomic mass is 16.1. The molecule has 3 N–H and O–H groups in total. The molecule has 9 heteroatoms. The molecule has 0 bridgehead atoms. The number of carbonyl (C=O) groups is 1. The van der Waals surface area contributed by atoms with Gasteiger partial charge < -0.3 is 11.1 Å². The van der Waals surface area contributed by atoms with Crippen molar-refractivity contribution in [3.63, 3.8) is 0 Å². The van der Waals surface area contributed by atoms with Crippen LogP contribution < -0.4 is 16.5 Å². The Bertz CT molecular complexity index is 1440. The lowest BCUT2D eigenvalue weighted by Gasteiger charge is -2.18. The Hall–Kier alpha value is -4.37. The number of nitrogens with two attached hydrogens (primary N) is 1. The van der Waals surface area contributed by atoms with E-state index < -0.39 is 0 Å². The van der Waals surface area contributed by atoms with E-state index in [1.165, 1.54) is 4.57 Å². The van der Waals surface area contributed by atoms with Crippen LogP contribution in [-0.2, 0) is 11.3 Å². The molecule has 3 aromatic heterocycles. The highest BCUT2D eigenvalue weighted by molar-refractivity contribution is 5.82. The summed E-state index contributed by atoms with van der Waals surface area (Å²) in [6.45, 7) is 7.79. The minimum Gasteiger partial charge on any atom is -0.369 e. The third-order valence-corrected chi connectivity index (χ3v) is 5.81. The van der Waals surface area contributed by atoms with Gasteiger partial charge in [-0.1, -0.05) is 36.4 Å². The average Bonchev–Trinajstić information content (AvgIpc) is 2.86. The molecule has 0 aliphatic carbocycles. The number of nitrogens with one attached hydrogen (secondary N) is 1. The fourth-order valence-electron chi connectivity index (χ4n) is 4.18. The number of hydrogen-bond donors (Lipinski definition) is 2. The van der Waals surface area contributed by atoms with E-state index in [9.17, 15) is 4.79 Å². The van der Waals surface area contributed by atoms with Crippen molar-refractivity contribution >= 4 is 12.4 Å². The highest BCUT2D eigenvalue weighted by Crippen LogP contribution is 2.29. The molecule has 3 heterocycles. The molecule has 0 fully saturated rings. The normalized spacial score (nSPS) is 11.5. The molecule has 9 nitrogen and oxygen atoms in total. The van der Waals surface area contributed by atoms with Crippen LogP contribution in [0.25, 0.3) is 22.4 Å². The lowest BCUT2D eigenvalue weighted by Crippen LogP contribution is -2.33. The zero-order chi connectivity index (χ0) is 26.4. The molecule has 0 aliphatic rings. The number of hydrogen-bond acceptors (Lipinski definition) is 8. The molecular formula is C28H32N8O. The second-order valence-electron chi connectivity index (χ2n) is 8.93. The van der Waals surface area contributed by atoms with E-state index in [-0.39, 0.29) is 5.95 Å². The van der Waals surface area contributed by atoms with Gasteiger partial charge in [-0.3, -0.25) is 19.8 Å². The summed E-state index contributed by atoms with van der Waals surface area (Å²) in [7, 11) is 1.87. The molecule has 4 aromatic rings. The SMILES string of the molecule is Cc1cc(-c2c(-c3ccccc3)nc(N)n(C=O)/c2=N\N(C)CCNCc2cccc(C)n2)cc(C)n1. The van der Waals surface area contributed by atoms with Crippen molar-refractivity contribution in [2.45, 2.75) is 27.3 Å². The van der Waals surface area contributed by atoms with Crippen molar-refractivity contribution in [1.82, 2.24) is 29.8 Å². The van der Waals surface area contributed by atoms with Crippen molar-refractivity contribution < 1.29 is 4.79 Å². The number of benzene rings is 1. The van der Waals surface area contributed by atoms with Gasteiger partial charge in [-0.15, -0.1) is 0 Å². The molecule has 0 saturated heterocycles. The number of pyridine rings is 2. The van der Waals surface area contributed by atoms with Crippen molar-refractivity contribution in [3.8, 4) is 22.4 Å². The smallest absolute Gasteiger partial charge is 0.222 e. The zero-order valence-corrected chi connectivity index (χ0v) is 21.6. The fraction of sp³-hybridized carbons (Fsp3) is 0.250. The molecular weight excluding hydrogens is 464 g/mol. The minimum atomic E-state index is 0.0656. The summed E-state index contributed by atoms with van der Waals surface area (Å²) in [5.74, 6) is 0.0656. The topological polar surface area (TPSA) is 114 Å². The molecule has 0 amide bonds. The van der Waals surface area contributed by atoms with Crippen LogP contribution in [0.4, 0.5) is 5.95 Å². The Morgan fingerprint density at radius 3 is 2.35 bits per heavy atom. The van der Waals surface area contributed by atoms with E-state index in [1.54, 1.807) is 5.01 Å². The third kappa shape index (κ3) is 6.25. The van der Waals surface area contributed by atoms with Crippen molar-refractivity contribution in [3.05, 3.63) is 88.9 Å². The van der Waals surface area contributed by atoms with E-state index in [0.29, 0.717) is 42.8 Å². The Morgan fingerprint density at radius 1 is 0.946 bits per heavy atom. The summed E-state index contributed by atoms with van der Waals surface area (Å²) in [6.07, 6.45) is 0.649. The van der Waals surface area contributed by atoms with Crippen molar-refractivity contribution in [2.24, 2.45) is 5.10 Å². The van der Waals surface area contributed by atoms with E-state index >= 15 is 0 Å². The summed E-state index contributed by atoms with van der Waals surface area (Å²) in [5.41, 5.74) is 13.5. The first-order valence-corrected chi connectivity index (χ1v) is 12.1. The number of aromatic nitrogens is 4. The number of aryl methyl sites for hydroxylation is 3. The van der Waals surface area contributed by atoms with Gasteiger partial charge in [0.2, 0.25) is 12.4 Å². The fourth-order valence-corrected chi connectivity index (χ4v) is 4.18. The van der Waals surface area contributed by atoms with Gasteiger partial charge in [0.25, 0.3) is 0 Å². The molecule has 4 rings (SSSR count). The maximum Gasteiger partial charge on any atom is 0.222 e. The van der Waals surface area contributed by atoms with Crippen molar-refractivity contribution in [1.29, 1.82) is 0 Å². The van der Waals surface area contributed by atoms with Crippen LogP contribution in [0.15, 0.2) is 65.8 Å². The molecule has 0 saturated carbocycles. The Morgan fingerprint density at radius 2 is 1.68 bits per heavy atom. The molecule has 0 unspecified atom stereocenters. The summed E-state index contributed by atoms with van der Waals surface area (Å²) < 4.78 is 1.29. The summed E-state index contributed by atoms with van der Waals surface area (Å²) in [5, 5.41) is 10.0. The molecule has 0 spiro atoms. The van der Waals surface area contributed by atoms with Gasteiger partial charge in [-0.25, -0.2) is 9.55 Å². The van der Waals surface area contributed by atoms with Crippen LogP contribution >= 0.6 is 0 Å². The van der Waals surface area contributed by atoms with E-state index in [2.05, 4.69) is 20.3 Å². The maximum absolute atomic E-state index is 12.2. The van der Waals surface area contributed by atoms with Crippen LogP contribution in [0.3, 0.4) is 0 Å². The standard InChI is InChI=1S/C28H32N8O/c1-19-9-8-12-24(32-19)17-30-13-14-35(4)34-27-25(23-15-20(2)31-21(3)16-23)26(22-10-6-5-7-11-22)33-28(29)36(27)18-37/h5-12,15-16,18,30H,13-14,17H2,1-4H3,(H2,29,33)/b34-27-. The zero-order valence-electron chi connectivity index (χ0n) is 21.6. The van der Waals surface area contributed by atoms with Gasteiger partial charge >= 0.3 is 0 Å². The van der Waals surface area contributed by atoms with Crippen LogP contribution in [0.5, 0.6) is 0 Å². The lowest BCUT2D eigenvalue weighted by atomic mass is 9.99. The summed E-state index contributed by atoms with van der Waals surface area (Å²) >= 11 is 0. The van der Waals surface area contributed by atoms with Crippen molar-refractivity contribution in [2.75, 3.05) is 25.9 Å². The number of carbonyl (C=O) groups excluding carboxylic acids is 1. The molecule has 0 radical (unpaired) electrons. The average molecular weight is 497 g/mol. The highest BCUT2D eigenvalue weighted by Gasteiger charge is 2.18. The molecule has 0 atom stereocenters. The van der Waals surface area contributed by atoms with Gasteiger partial charge in [-0.05, 0) is 50.6 Å². The number of anilines is 1. The van der Waals surface area contributed by atoms with Crippen LogP contribution in [0, 0.1) is 20.8 Å². The van der Waals surface area contributed by atoms with Crippen LogP contribution in [0.2, 0.25) is 0 Å². The molecule has 1 aromatic carbocycles. The van der Waals surface area contributed by atoms with Crippen LogP contribution in [-0.4, -0.2) is 51.1 Å². The summed E-state index contributed by atoms with van der Waals surface area (Å²) in [6, 6.07) is 19.7. The van der Waals surface area contributed by atoms with Gasteiger partial charge in [0.1, 0.15) is 0 Å². The van der Waals surface area contributed by atoms with Gasteiger partial charge in [0.05, 0.1) is 17.0 Å². The van der Waals surface area contributed by atoms with E-state index in [1.807, 2.05) is 88.5 Å². The largest absolute Gasteiger partial charge is 0.369 e. The van der Waals surface area contributed by atoms with Gasteiger partial charge in [0, 0.05) is 49.3 Å². The minimum absolute atomic E-state index is 0.0656. The first-order chi connectivity index (χ1) is 17.9. The Labute approximate surface area is 216 Å². The maximum atomic E-state index is 12.2. The molecule has 0 aliphatic heterocycles. The second-order valence-corrected chi connectivity index (χ2v) is 8.93. The first-order valence-electron chi connectivity index (χ1n) is 12.1. The third-order valence-electron chi connectivity index (χ3n) is 5.81. The lowest BCUT2D eigenvalue weighted by molar-refractivity contribution is 0.334. The number of nitrogen functional groups attached to an aromatic ring is 1. The number of rotatable bonds is 9. The predicted molar refractivity (Wildman–Crippen MR) is 146 cm³/mol.